The summed E-state index contributed by atoms with van der Waals surface area (Å²) in [5.41, 5.74) is 0. The Morgan fingerprint density at radius 3 is 3.00 bits per heavy atom. The van der Waals surface area contributed by atoms with Crippen molar-refractivity contribution in [2.45, 2.75) is 13.0 Å². The lowest BCUT2D eigenvalue weighted by molar-refractivity contribution is 0.0702. The van der Waals surface area contributed by atoms with Crippen LogP contribution in [0.3, 0.4) is 0 Å². The third-order valence-corrected chi connectivity index (χ3v) is 3.69. The number of rotatable bonds is 6. The molecular formula is C12H15N3O2S. The molecule has 0 spiro atoms. The third-order valence-electron chi connectivity index (χ3n) is 2.62. The first kappa shape index (κ1) is 12.8. The van der Waals surface area contributed by atoms with Crippen molar-refractivity contribution in [3.05, 3.63) is 40.1 Å². The highest BCUT2D eigenvalue weighted by molar-refractivity contribution is 7.13. The van der Waals surface area contributed by atoms with Gasteiger partial charge in [0, 0.05) is 43.8 Å². The normalized spacial score (nSPS) is 10.7. The average molecular weight is 265 g/mol. The average Bonchev–Trinajstić information content (AvgIpc) is 2.94. The second-order valence-corrected chi connectivity index (χ2v) is 5.12. The predicted octanol–water partition coefficient (Wildman–Crippen LogP) is 1.51. The van der Waals surface area contributed by atoms with Gasteiger partial charge in [-0.15, -0.1) is 11.3 Å². The van der Waals surface area contributed by atoms with Gasteiger partial charge in [-0.25, -0.2) is 9.78 Å². The molecular weight excluding hydrogens is 250 g/mol. The zero-order valence-corrected chi connectivity index (χ0v) is 10.9. The Kier molecular flexibility index (Phi) is 4.11. The minimum absolute atomic E-state index is 0.385. The fourth-order valence-corrected chi connectivity index (χ4v) is 2.45. The molecule has 0 saturated heterocycles. The molecule has 0 fully saturated rings. The predicted molar refractivity (Wildman–Crippen MR) is 69.9 cm³/mol. The number of hydrogen-bond acceptors (Lipinski definition) is 4. The van der Waals surface area contributed by atoms with Gasteiger partial charge in [-0.3, -0.25) is 0 Å². The molecule has 0 aliphatic heterocycles. The monoisotopic (exact) mass is 265 g/mol. The van der Waals surface area contributed by atoms with Gasteiger partial charge in [-0.1, -0.05) is 0 Å². The topological polar surface area (TPSA) is 67.2 Å². The zero-order chi connectivity index (χ0) is 13.0. The summed E-state index contributed by atoms with van der Waals surface area (Å²) in [6.07, 6.45) is 4.57. The van der Waals surface area contributed by atoms with E-state index in [0.29, 0.717) is 11.4 Å². The zero-order valence-electron chi connectivity index (χ0n) is 10.1. The molecule has 96 valence electrons. The van der Waals surface area contributed by atoms with E-state index in [4.69, 9.17) is 5.11 Å². The molecule has 5 nitrogen and oxygen atoms in total. The molecule has 18 heavy (non-hydrogen) atoms. The highest BCUT2D eigenvalue weighted by Crippen LogP contribution is 2.15. The number of carbonyl (C=O) groups is 1. The molecule has 0 unspecified atom stereocenters. The first-order chi connectivity index (χ1) is 8.66. The summed E-state index contributed by atoms with van der Waals surface area (Å²) in [6, 6.07) is 3.49. The minimum Gasteiger partial charge on any atom is -0.477 e. The van der Waals surface area contributed by atoms with Crippen LogP contribution < -0.4 is 5.32 Å². The summed E-state index contributed by atoms with van der Waals surface area (Å²) < 4.78 is 2.00. The SMILES string of the molecule is Cn1ccnc1CCNCc1ccc(C(=O)O)s1. The van der Waals surface area contributed by atoms with E-state index < -0.39 is 5.97 Å². The van der Waals surface area contributed by atoms with E-state index >= 15 is 0 Å². The first-order valence-electron chi connectivity index (χ1n) is 5.66. The molecule has 0 radical (unpaired) electrons. The molecule has 6 heteroatoms. The Morgan fingerprint density at radius 1 is 1.56 bits per heavy atom. The summed E-state index contributed by atoms with van der Waals surface area (Å²) in [7, 11) is 1.97. The number of imidazole rings is 1. The van der Waals surface area contributed by atoms with Crippen LogP contribution in [0.5, 0.6) is 0 Å². The molecule has 0 atom stereocenters. The Bertz CT molecular complexity index is 533. The summed E-state index contributed by atoms with van der Waals surface area (Å²) in [4.78, 5) is 16.4. The maximum absolute atomic E-state index is 10.7. The molecule has 0 aliphatic rings. The van der Waals surface area contributed by atoms with Crippen molar-refractivity contribution in [2.24, 2.45) is 7.05 Å². The summed E-state index contributed by atoms with van der Waals surface area (Å²) >= 11 is 1.31. The fourth-order valence-electron chi connectivity index (χ4n) is 1.64. The number of carboxylic acids is 1. The van der Waals surface area contributed by atoms with E-state index in [0.717, 1.165) is 23.7 Å². The summed E-state index contributed by atoms with van der Waals surface area (Å²) in [5.74, 6) is 0.180. The molecule has 2 N–H and O–H groups in total. The van der Waals surface area contributed by atoms with E-state index in [9.17, 15) is 4.79 Å². The van der Waals surface area contributed by atoms with Crippen LogP contribution in [-0.2, 0) is 20.0 Å². The van der Waals surface area contributed by atoms with E-state index in [1.54, 1.807) is 12.3 Å². The van der Waals surface area contributed by atoms with Gasteiger partial charge in [0.1, 0.15) is 10.7 Å². The molecule has 2 rings (SSSR count). The van der Waals surface area contributed by atoms with Gasteiger partial charge >= 0.3 is 5.97 Å². The number of thiophene rings is 1. The lowest BCUT2D eigenvalue weighted by Gasteiger charge is -2.03. The highest BCUT2D eigenvalue weighted by atomic mass is 32.1. The van der Waals surface area contributed by atoms with Crippen LogP contribution in [-0.4, -0.2) is 27.2 Å². The van der Waals surface area contributed by atoms with Crippen molar-refractivity contribution in [3.63, 3.8) is 0 Å². The second kappa shape index (κ2) is 5.79. The standard InChI is InChI=1S/C12H15N3O2S/c1-15-7-6-14-11(15)4-5-13-8-9-2-3-10(18-9)12(16)17/h2-3,6-7,13H,4-5,8H2,1H3,(H,16,17). The number of aryl methyl sites for hydroxylation is 1. The maximum atomic E-state index is 10.7. The molecule has 2 heterocycles. The van der Waals surface area contributed by atoms with E-state index in [-0.39, 0.29) is 0 Å². The van der Waals surface area contributed by atoms with Gasteiger partial charge in [-0.05, 0) is 12.1 Å². The molecule has 2 aromatic heterocycles. The van der Waals surface area contributed by atoms with Crippen LogP contribution in [0.2, 0.25) is 0 Å². The van der Waals surface area contributed by atoms with Gasteiger partial charge < -0.3 is 15.0 Å². The van der Waals surface area contributed by atoms with Gasteiger partial charge in [0.05, 0.1) is 0 Å². The summed E-state index contributed by atoms with van der Waals surface area (Å²) in [5, 5.41) is 12.1. The van der Waals surface area contributed by atoms with Crippen molar-refractivity contribution in [1.29, 1.82) is 0 Å². The van der Waals surface area contributed by atoms with Crippen LogP contribution in [0.4, 0.5) is 0 Å². The van der Waals surface area contributed by atoms with Crippen LogP contribution >= 0.6 is 11.3 Å². The smallest absolute Gasteiger partial charge is 0.345 e. The number of hydrogen-bond donors (Lipinski definition) is 2. The fraction of sp³-hybridized carbons (Fsp3) is 0.333. The van der Waals surface area contributed by atoms with Gasteiger partial charge in [0.15, 0.2) is 0 Å². The van der Waals surface area contributed by atoms with Crippen molar-refractivity contribution in [3.8, 4) is 0 Å². The Hall–Kier alpha value is -1.66. The van der Waals surface area contributed by atoms with Crippen molar-refractivity contribution < 1.29 is 9.90 Å². The summed E-state index contributed by atoms with van der Waals surface area (Å²) in [6.45, 7) is 1.52. The molecule has 2 aromatic rings. The quantitative estimate of drug-likeness (QED) is 0.777. The maximum Gasteiger partial charge on any atom is 0.345 e. The van der Waals surface area contributed by atoms with Gasteiger partial charge in [-0.2, -0.15) is 0 Å². The number of nitrogens with zero attached hydrogens (tertiary/aromatic N) is 2. The number of nitrogens with one attached hydrogen (secondary N) is 1. The Balaban J connectivity index is 1.75. The minimum atomic E-state index is -0.862. The van der Waals surface area contributed by atoms with Crippen molar-refractivity contribution in [2.75, 3.05) is 6.54 Å². The molecule has 0 amide bonds. The van der Waals surface area contributed by atoms with Gasteiger partial charge in [0.2, 0.25) is 0 Å². The van der Waals surface area contributed by atoms with Crippen LogP contribution in [0, 0.1) is 0 Å². The van der Waals surface area contributed by atoms with E-state index in [2.05, 4.69) is 10.3 Å². The third kappa shape index (κ3) is 3.18. The lowest BCUT2D eigenvalue weighted by atomic mass is 10.3. The van der Waals surface area contributed by atoms with Crippen molar-refractivity contribution >= 4 is 17.3 Å². The van der Waals surface area contributed by atoms with Crippen LogP contribution in [0.15, 0.2) is 24.5 Å². The lowest BCUT2D eigenvalue weighted by Crippen LogP contribution is -2.17. The highest BCUT2D eigenvalue weighted by Gasteiger charge is 2.06. The first-order valence-corrected chi connectivity index (χ1v) is 6.47. The number of aromatic carboxylic acids is 1. The molecule has 0 saturated carbocycles. The van der Waals surface area contributed by atoms with Crippen LogP contribution in [0.25, 0.3) is 0 Å². The van der Waals surface area contributed by atoms with E-state index in [1.165, 1.54) is 11.3 Å². The largest absolute Gasteiger partial charge is 0.477 e. The van der Waals surface area contributed by atoms with E-state index in [1.807, 2.05) is 23.9 Å². The number of carboxylic acid groups (broad SMARTS) is 1. The molecule has 0 bridgehead atoms. The number of aromatic nitrogens is 2. The van der Waals surface area contributed by atoms with Gasteiger partial charge in [0.25, 0.3) is 0 Å². The molecule has 0 aromatic carbocycles. The van der Waals surface area contributed by atoms with Crippen LogP contribution in [0.1, 0.15) is 20.4 Å². The second-order valence-electron chi connectivity index (χ2n) is 3.95. The van der Waals surface area contributed by atoms with Crippen molar-refractivity contribution in [1.82, 2.24) is 14.9 Å². The molecule has 0 aliphatic carbocycles. The Labute approximate surface area is 109 Å². The Morgan fingerprint density at radius 2 is 2.39 bits per heavy atom.